The summed E-state index contributed by atoms with van der Waals surface area (Å²) in [4.78, 5) is 11.2. The monoisotopic (exact) mass is 261 g/mol. The topological polar surface area (TPSA) is 38.3 Å². The van der Waals surface area contributed by atoms with Crippen LogP contribution in [0, 0.1) is 0 Å². The van der Waals surface area contributed by atoms with E-state index in [4.69, 9.17) is 11.6 Å². The molecule has 0 saturated carbocycles. The fraction of sp³-hybridized carbons (Fsp3) is 0.889. The number of rotatable bonds is 6. The maximum atomic E-state index is 11.7. The number of amides is 1. The molecule has 0 unspecified atom stereocenters. The van der Waals surface area contributed by atoms with Gasteiger partial charge in [-0.05, 0) is 20.3 Å². The summed E-state index contributed by atoms with van der Waals surface area (Å²) >= 11 is 5.50. The smallest absolute Gasteiger partial charge is 0.362 e. The van der Waals surface area contributed by atoms with Gasteiger partial charge in [-0.3, -0.25) is 4.79 Å². The lowest BCUT2D eigenvalue weighted by Crippen LogP contribution is -2.45. The van der Waals surface area contributed by atoms with Gasteiger partial charge in [-0.15, -0.1) is 11.6 Å². The molecule has 0 heterocycles. The fourth-order valence-electron chi connectivity index (χ4n) is 0.972. The Morgan fingerprint density at radius 2 is 1.94 bits per heavy atom. The summed E-state index contributed by atoms with van der Waals surface area (Å²) in [5.41, 5.74) is -0.541. The molecule has 0 aliphatic heterocycles. The van der Waals surface area contributed by atoms with Crippen molar-refractivity contribution in [3.05, 3.63) is 0 Å². The number of hydrogen-bond donors (Lipinski definition) is 1. The minimum atomic E-state index is -4.41. The largest absolute Gasteiger partial charge is 0.411 e. The van der Waals surface area contributed by atoms with E-state index in [0.717, 1.165) is 0 Å². The maximum Gasteiger partial charge on any atom is 0.411 e. The second-order valence-corrected chi connectivity index (χ2v) is 4.36. The zero-order valence-corrected chi connectivity index (χ0v) is 9.91. The molecule has 1 N–H and O–H groups in total. The van der Waals surface area contributed by atoms with Crippen molar-refractivity contribution in [1.29, 1.82) is 0 Å². The van der Waals surface area contributed by atoms with Gasteiger partial charge in [0.25, 0.3) is 0 Å². The zero-order valence-electron chi connectivity index (χ0n) is 9.16. The van der Waals surface area contributed by atoms with Gasteiger partial charge in [-0.1, -0.05) is 0 Å². The Morgan fingerprint density at radius 3 is 2.38 bits per heavy atom. The molecule has 0 aromatic heterocycles. The molecule has 96 valence electrons. The van der Waals surface area contributed by atoms with Gasteiger partial charge >= 0.3 is 6.18 Å². The molecule has 1 amide bonds. The molecule has 0 aliphatic carbocycles. The molecule has 16 heavy (non-hydrogen) atoms. The highest BCUT2D eigenvalue weighted by Crippen LogP contribution is 2.14. The summed E-state index contributed by atoms with van der Waals surface area (Å²) in [6.07, 6.45) is -3.88. The van der Waals surface area contributed by atoms with E-state index in [0.29, 0.717) is 12.3 Å². The number of ether oxygens (including phenoxy) is 1. The van der Waals surface area contributed by atoms with Crippen LogP contribution >= 0.6 is 11.6 Å². The van der Waals surface area contributed by atoms with Crippen molar-refractivity contribution in [3.63, 3.8) is 0 Å². The molecule has 0 aromatic rings. The predicted molar refractivity (Wildman–Crippen MR) is 54.4 cm³/mol. The minimum Gasteiger partial charge on any atom is -0.362 e. The van der Waals surface area contributed by atoms with Gasteiger partial charge in [-0.2, -0.15) is 13.2 Å². The van der Waals surface area contributed by atoms with Gasteiger partial charge in [0, 0.05) is 11.4 Å². The lowest BCUT2D eigenvalue weighted by Gasteiger charge is -2.25. The lowest BCUT2D eigenvalue weighted by atomic mass is 10.0. The normalized spacial score (nSPS) is 12.6. The van der Waals surface area contributed by atoms with Crippen molar-refractivity contribution in [1.82, 2.24) is 5.32 Å². The molecule has 0 saturated heterocycles. The summed E-state index contributed by atoms with van der Waals surface area (Å²) in [5, 5.41) is 2.53. The van der Waals surface area contributed by atoms with E-state index in [2.05, 4.69) is 10.1 Å². The van der Waals surface area contributed by atoms with Crippen LogP contribution in [0.5, 0.6) is 0 Å². The molecule has 7 heteroatoms. The molecule has 0 fully saturated rings. The van der Waals surface area contributed by atoms with Gasteiger partial charge in [0.1, 0.15) is 13.2 Å². The van der Waals surface area contributed by atoms with Crippen LogP contribution in [0.4, 0.5) is 13.2 Å². The average molecular weight is 262 g/mol. The van der Waals surface area contributed by atoms with Crippen LogP contribution in [-0.2, 0) is 9.53 Å². The van der Waals surface area contributed by atoms with Crippen LogP contribution in [-0.4, -0.2) is 36.7 Å². The van der Waals surface area contributed by atoms with Crippen molar-refractivity contribution >= 4 is 17.5 Å². The Balaban J connectivity index is 3.83. The Bertz CT molecular complexity index is 231. The highest BCUT2D eigenvalue weighted by molar-refractivity contribution is 6.17. The van der Waals surface area contributed by atoms with Crippen LogP contribution in [0.1, 0.15) is 20.3 Å². The first-order valence-corrected chi connectivity index (χ1v) is 5.21. The van der Waals surface area contributed by atoms with E-state index in [1.807, 2.05) is 0 Å². The minimum absolute atomic E-state index is 0.358. The summed E-state index contributed by atoms with van der Waals surface area (Å²) in [5.74, 6) is -0.226. The van der Waals surface area contributed by atoms with E-state index < -0.39 is 30.8 Å². The molecule has 0 aromatic carbocycles. The number of carbonyl (C=O) groups is 1. The quantitative estimate of drug-likeness (QED) is 0.744. The van der Waals surface area contributed by atoms with Crippen molar-refractivity contribution < 1.29 is 22.7 Å². The van der Waals surface area contributed by atoms with Gasteiger partial charge in [-0.25, -0.2) is 0 Å². The summed E-state index contributed by atoms with van der Waals surface area (Å²) in [7, 11) is 0. The molecule has 0 bridgehead atoms. The second-order valence-electron chi connectivity index (χ2n) is 3.98. The van der Waals surface area contributed by atoms with Crippen molar-refractivity contribution in [2.45, 2.75) is 32.0 Å². The van der Waals surface area contributed by atoms with Gasteiger partial charge in [0.05, 0.1) is 0 Å². The second kappa shape index (κ2) is 6.30. The Morgan fingerprint density at radius 1 is 1.38 bits per heavy atom. The van der Waals surface area contributed by atoms with Crippen molar-refractivity contribution in [2.24, 2.45) is 0 Å². The van der Waals surface area contributed by atoms with E-state index in [1.54, 1.807) is 13.8 Å². The van der Waals surface area contributed by atoms with Crippen molar-refractivity contribution in [2.75, 3.05) is 19.1 Å². The molecule has 0 atom stereocenters. The van der Waals surface area contributed by atoms with Crippen LogP contribution in [0.3, 0.4) is 0 Å². The SMILES string of the molecule is CC(C)(CCCl)NC(=O)COCC(F)(F)F. The Kier molecular flexibility index (Phi) is 6.10. The Hall–Kier alpha value is -0.490. The van der Waals surface area contributed by atoms with E-state index >= 15 is 0 Å². The third-order valence-electron chi connectivity index (χ3n) is 1.70. The molecule has 0 aliphatic rings. The van der Waals surface area contributed by atoms with Gasteiger partial charge in [0.15, 0.2) is 0 Å². The first-order valence-electron chi connectivity index (χ1n) is 4.68. The number of hydrogen-bond acceptors (Lipinski definition) is 2. The van der Waals surface area contributed by atoms with Crippen LogP contribution in [0.2, 0.25) is 0 Å². The summed E-state index contributed by atoms with van der Waals surface area (Å²) in [6.45, 7) is 1.44. The Labute approximate surface area is 97.3 Å². The third kappa shape index (κ3) is 8.79. The number of alkyl halides is 4. The number of nitrogens with one attached hydrogen (secondary N) is 1. The van der Waals surface area contributed by atoms with Crippen LogP contribution in [0.25, 0.3) is 0 Å². The molecule has 3 nitrogen and oxygen atoms in total. The number of halogens is 4. The van der Waals surface area contributed by atoms with Crippen LogP contribution < -0.4 is 5.32 Å². The first kappa shape index (κ1) is 15.5. The maximum absolute atomic E-state index is 11.7. The molecule has 0 spiro atoms. The van der Waals surface area contributed by atoms with E-state index in [9.17, 15) is 18.0 Å². The molecule has 0 rings (SSSR count). The summed E-state index contributed by atoms with van der Waals surface area (Å²) in [6, 6.07) is 0. The standard InChI is InChI=1S/C9H15ClF3NO2/c1-8(2,3-4-10)14-7(15)5-16-6-9(11,12)13/h3-6H2,1-2H3,(H,14,15). The van der Waals surface area contributed by atoms with E-state index in [1.165, 1.54) is 0 Å². The molecular formula is C9H15ClF3NO2. The number of carbonyl (C=O) groups excluding carboxylic acids is 1. The third-order valence-corrected chi connectivity index (χ3v) is 1.89. The predicted octanol–water partition coefficient (Wildman–Crippen LogP) is 2.09. The fourth-order valence-corrected chi connectivity index (χ4v) is 1.44. The van der Waals surface area contributed by atoms with Gasteiger partial charge in [0.2, 0.25) is 5.91 Å². The average Bonchev–Trinajstić information content (AvgIpc) is 1.99. The molecular weight excluding hydrogens is 247 g/mol. The van der Waals surface area contributed by atoms with E-state index in [-0.39, 0.29) is 0 Å². The highest BCUT2D eigenvalue weighted by Gasteiger charge is 2.28. The zero-order chi connectivity index (χ0) is 12.8. The first-order chi connectivity index (χ1) is 7.16. The lowest BCUT2D eigenvalue weighted by molar-refractivity contribution is -0.175. The van der Waals surface area contributed by atoms with Crippen LogP contribution in [0.15, 0.2) is 0 Å². The summed E-state index contributed by atoms with van der Waals surface area (Å²) < 4.78 is 39.3. The highest BCUT2D eigenvalue weighted by atomic mass is 35.5. The molecule has 0 radical (unpaired) electrons. The van der Waals surface area contributed by atoms with Gasteiger partial charge < -0.3 is 10.1 Å². The van der Waals surface area contributed by atoms with Crippen molar-refractivity contribution in [3.8, 4) is 0 Å².